The first-order valence-corrected chi connectivity index (χ1v) is 17.5. The number of aromatic nitrogens is 1. The van der Waals surface area contributed by atoms with Crippen molar-refractivity contribution in [2.75, 3.05) is 21.3 Å². The smallest absolute Gasteiger partial charge is 0.334 e. The van der Waals surface area contributed by atoms with Crippen molar-refractivity contribution in [3.05, 3.63) is 110 Å². The summed E-state index contributed by atoms with van der Waals surface area (Å²) >= 11 is 0. The Morgan fingerprint density at radius 1 is 0.981 bits per heavy atom. The van der Waals surface area contributed by atoms with Crippen molar-refractivity contribution in [3.63, 3.8) is 0 Å². The molecule has 0 radical (unpaired) electrons. The minimum Gasteiger partial charge on any atom is -0.481 e. The molecule has 0 spiro atoms. The van der Waals surface area contributed by atoms with E-state index in [1.54, 1.807) is 12.2 Å². The number of aliphatic carboxylic acids is 1. The number of allylic oxidation sites excluding steroid dienone is 9. The predicted octanol–water partition coefficient (Wildman–Crippen LogP) is 5.49. The van der Waals surface area contributed by atoms with E-state index in [2.05, 4.69) is 16.9 Å². The van der Waals surface area contributed by atoms with E-state index in [0.717, 1.165) is 50.4 Å². The van der Waals surface area contributed by atoms with Gasteiger partial charge in [0.25, 0.3) is 0 Å². The summed E-state index contributed by atoms with van der Waals surface area (Å²) in [6.07, 6.45) is 12.2. The molecule has 12 heteroatoms. The molecule has 276 valence electrons. The summed E-state index contributed by atoms with van der Waals surface area (Å²) in [5, 5.41) is 13.2. The molecule has 1 saturated heterocycles. The van der Waals surface area contributed by atoms with Crippen LogP contribution in [0.1, 0.15) is 62.5 Å². The van der Waals surface area contributed by atoms with E-state index in [4.69, 9.17) is 24.2 Å². The molecule has 53 heavy (non-hydrogen) atoms. The lowest BCUT2D eigenvalue weighted by molar-refractivity contribution is -0.150. The first-order chi connectivity index (χ1) is 25.3. The van der Waals surface area contributed by atoms with Gasteiger partial charge in [-0.1, -0.05) is 24.8 Å². The van der Waals surface area contributed by atoms with Crippen molar-refractivity contribution < 1.29 is 38.5 Å². The van der Waals surface area contributed by atoms with E-state index in [0.29, 0.717) is 47.8 Å². The topological polar surface area (TPSA) is 169 Å². The number of rotatable bonds is 9. The fourth-order valence-electron chi connectivity index (χ4n) is 8.09. The van der Waals surface area contributed by atoms with Crippen LogP contribution in [0.5, 0.6) is 0 Å². The molecule has 4 aliphatic heterocycles. The molecule has 5 aliphatic rings. The Bertz CT molecular complexity index is 2150. The van der Waals surface area contributed by atoms with Gasteiger partial charge in [-0.15, -0.1) is 0 Å². The highest BCUT2D eigenvalue weighted by Gasteiger charge is 2.55. The molecule has 3 atom stereocenters. The number of H-pyrrole nitrogens is 1. The summed E-state index contributed by atoms with van der Waals surface area (Å²) in [4.78, 5) is 64.8. The average molecular weight is 721 g/mol. The Balaban J connectivity index is 1.63. The molecular weight excluding hydrogens is 676 g/mol. The first-order valence-electron chi connectivity index (χ1n) is 17.5. The normalized spacial score (nSPS) is 26.0. The lowest BCUT2D eigenvalue weighted by atomic mass is 9.64. The second-order valence-corrected chi connectivity index (χ2v) is 13.8. The lowest BCUT2D eigenvalue weighted by Gasteiger charge is -2.36. The van der Waals surface area contributed by atoms with Crippen LogP contribution in [0, 0.1) is 18.3 Å². The molecule has 1 aliphatic carbocycles. The molecule has 8 bridgehead atoms. The van der Waals surface area contributed by atoms with Gasteiger partial charge in [-0.05, 0) is 92.2 Å². The number of carbonyl (C=O) groups excluding carboxylic acids is 3. The molecule has 5 heterocycles. The van der Waals surface area contributed by atoms with Gasteiger partial charge in [0, 0.05) is 47.6 Å². The minimum atomic E-state index is -1.12. The van der Waals surface area contributed by atoms with Crippen molar-refractivity contribution in [2.45, 2.75) is 65.8 Å². The second kappa shape index (κ2) is 14.3. The SMILES string of the molecule is C=CC1=C(C)C2=NC/1=C\c1[nH]c(c(CCC(=O)O)c1C)CC1N=C(/C=C3\N/C(=C\2)C2=CC=C(C(=O)OC)[C@@H](C(=O)OC)[C@]23C)C(C)=C1CCC(=O)OC. The number of carbonyl (C=O) groups is 4. The highest BCUT2D eigenvalue weighted by molar-refractivity contribution is 6.14. The summed E-state index contributed by atoms with van der Waals surface area (Å²) in [6.45, 7) is 11.9. The maximum absolute atomic E-state index is 13.7. The van der Waals surface area contributed by atoms with Crippen molar-refractivity contribution in [1.29, 1.82) is 0 Å². The third kappa shape index (κ3) is 6.36. The number of aromatic amines is 1. The van der Waals surface area contributed by atoms with Gasteiger partial charge in [0.1, 0.15) is 5.92 Å². The van der Waals surface area contributed by atoms with E-state index in [1.165, 1.54) is 21.3 Å². The van der Waals surface area contributed by atoms with Gasteiger partial charge in [-0.25, -0.2) is 9.79 Å². The number of hydrogen-bond acceptors (Lipinski definition) is 10. The summed E-state index contributed by atoms with van der Waals surface area (Å²) in [5.74, 6) is -3.56. The summed E-state index contributed by atoms with van der Waals surface area (Å²) in [7, 11) is 3.92. The molecule has 0 aromatic carbocycles. The summed E-state index contributed by atoms with van der Waals surface area (Å²) < 4.78 is 15.4. The van der Waals surface area contributed by atoms with Gasteiger partial charge in [0.15, 0.2) is 0 Å². The van der Waals surface area contributed by atoms with Crippen LogP contribution in [0.2, 0.25) is 0 Å². The van der Waals surface area contributed by atoms with Gasteiger partial charge in [-0.3, -0.25) is 19.4 Å². The van der Waals surface area contributed by atoms with E-state index in [-0.39, 0.29) is 24.4 Å². The number of methoxy groups -OCH3 is 3. The standard InChI is InChI=1S/C41H44N4O8/c1-9-23-20(2)29-17-34-27-13-10-26(39(49)52-7)38(40(50)53-8)41(27,5)35(45-34)19-30-22(4)25(12-15-37(48)51-6)33(44-30)18-32-24(11-14-36(46)47)21(3)28(43-32)16-31(23)42-29/h9-10,13,16-17,19,33,38,43,45H,1,11-12,14-15,18H2,2-8H3,(H,46,47)/b31-16-,34-17-,35-19-/t33?,38-,41+/m0/s1. The number of aliphatic imine (C=N–C) groups is 2. The Morgan fingerprint density at radius 2 is 1.74 bits per heavy atom. The number of carboxylic acid groups (broad SMARTS) is 1. The fraction of sp³-hybridized carbons (Fsp3) is 0.366. The molecule has 12 nitrogen and oxygen atoms in total. The van der Waals surface area contributed by atoms with Gasteiger partial charge in [0.2, 0.25) is 0 Å². The van der Waals surface area contributed by atoms with Gasteiger partial charge >= 0.3 is 23.9 Å². The monoisotopic (exact) mass is 720 g/mol. The molecular formula is C41H44N4O8. The van der Waals surface area contributed by atoms with E-state index in [1.807, 2.05) is 52.0 Å². The number of fused-ring (bicyclic) bond motifs is 9. The largest absolute Gasteiger partial charge is 0.481 e. The first kappa shape index (κ1) is 37.0. The van der Waals surface area contributed by atoms with Crippen molar-refractivity contribution in [1.82, 2.24) is 10.3 Å². The number of carboxylic acids is 1. The Kier molecular flexibility index (Phi) is 10.0. The number of hydrogen-bond donors (Lipinski definition) is 3. The number of nitrogens with zero attached hydrogens (tertiary/aromatic N) is 2. The van der Waals surface area contributed by atoms with Gasteiger partial charge in [-0.2, -0.15) is 0 Å². The summed E-state index contributed by atoms with van der Waals surface area (Å²) in [5.41, 5.74) is 10.1. The van der Waals surface area contributed by atoms with Crippen LogP contribution in [0.15, 0.2) is 97.5 Å². The molecule has 1 unspecified atom stereocenters. The zero-order chi connectivity index (χ0) is 38.4. The number of ether oxygens (including phenoxy) is 3. The van der Waals surface area contributed by atoms with Crippen LogP contribution in [-0.2, 0) is 46.2 Å². The molecule has 0 saturated carbocycles. The molecule has 6 rings (SSSR count). The molecule has 1 aromatic rings. The maximum Gasteiger partial charge on any atom is 0.334 e. The van der Waals surface area contributed by atoms with E-state index >= 15 is 0 Å². The minimum absolute atomic E-state index is 0.0483. The lowest BCUT2D eigenvalue weighted by Crippen LogP contribution is -2.41. The maximum atomic E-state index is 13.7. The van der Waals surface area contributed by atoms with Crippen LogP contribution < -0.4 is 5.32 Å². The molecule has 1 aromatic heterocycles. The number of esters is 3. The Labute approximate surface area is 308 Å². The number of nitrogens with one attached hydrogen (secondary N) is 2. The zero-order valence-corrected chi connectivity index (χ0v) is 31.1. The van der Waals surface area contributed by atoms with Gasteiger partial charge < -0.3 is 29.6 Å². The van der Waals surface area contributed by atoms with Crippen LogP contribution in [0.25, 0.3) is 6.08 Å². The highest BCUT2D eigenvalue weighted by Crippen LogP contribution is 2.55. The second-order valence-electron chi connectivity index (χ2n) is 13.8. The Morgan fingerprint density at radius 3 is 2.40 bits per heavy atom. The Hall–Kier alpha value is -5.78. The highest BCUT2D eigenvalue weighted by atomic mass is 16.5. The van der Waals surface area contributed by atoms with E-state index < -0.39 is 35.3 Å². The fourth-order valence-corrected chi connectivity index (χ4v) is 8.09. The van der Waals surface area contributed by atoms with Crippen LogP contribution in [-0.4, -0.2) is 72.8 Å². The van der Waals surface area contributed by atoms with Crippen LogP contribution in [0.3, 0.4) is 0 Å². The van der Waals surface area contributed by atoms with Crippen molar-refractivity contribution in [3.8, 4) is 0 Å². The van der Waals surface area contributed by atoms with Crippen molar-refractivity contribution in [2.24, 2.45) is 21.3 Å². The van der Waals surface area contributed by atoms with Crippen LogP contribution >= 0.6 is 0 Å². The average Bonchev–Trinajstić information content (AvgIpc) is 3.79. The zero-order valence-electron chi connectivity index (χ0n) is 31.1. The third-order valence-corrected chi connectivity index (χ3v) is 11.1. The quantitative estimate of drug-likeness (QED) is 0.221. The third-order valence-electron chi connectivity index (χ3n) is 11.1. The van der Waals surface area contributed by atoms with E-state index in [9.17, 15) is 24.3 Å². The van der Waals surface area contributed by atoms with Gasteiger partial charge in [0.05, 0.1) is 55.5 Å². The van der Waals surface area contributed by atoms with Crippen LogP contribution in [0.4, 0.5) is 0 Å². The summed E-state index contributed by atoms with van der Waals surface area (Å²) in [6, 6.07) is -0.393. The van der Waals surface area contributed by atoms with Crippen molar-refractivity contribution >= 4 is 41.4 Å². The molecule has 0 amide bonds. The predicted molar refractivity (Wildman–Crippen MR) is 200 cm³/mol. The molecule has 1 fully saturated rings. The molecule has 3 N–H and O–H groups in total.